The number of hydrogen-bond donors (Lipinski definition) is 0. The summed E-state index contributed by atoms with van der Waals surface area (Å²) in [6.45, 7) is 5.32. The molecule has 128 valence electrons. The fraction of sp³-hybridized carbons (Fsp3) is 0.217. The summed E-state index contributed by atoms with van der Waals surface area (Å²) in [6.07, 6.45) is 0. The molecule has 0 fully saturated rings. The quantitative estimate of drug-likeness (QED) is 0.554. The molecule has 0 spiro atoms. The van der Waals surface area contributed by atoms with Crippen LogP contribution in [-0.4, -0.2) is 39.2 Å². The van der Waals surface area contributed by atoms with Crippen LogP contribution in [0.25, 0.3) is 0 Å². The fourth-order valence-corrected chi connectivity index (χ4v) is 9.92. The van der Waals surface area contributed by atoms with E-state index in [9.17, 15) is 0 Å². The van der Waals surface area contributed by atoms with Crippen LogP contribution < -0.4 is 10.5 Å². The van der Waals surface area contributed by atoms with Crippen molar-refractivity contribution in [3.63, 3.8) is 0 Å². The molecule has 0 bridgehead atoms. The molecule has 0 atom stereocenters. The first-order valence-corrected chi connectivity index (χ1v) is 12.5. The van der Waals surface area contributed by atoms with Gasteiger partial charge in [-0.15, -0.1) is 0 Å². The molecule has 25 heavy (non-hydrogen) atoms. The van der Waals surface area contributed by atoms with Gasteiger partial charge in [0.1, 0.15) is 0 Å². The average molecular weight is 438 g/mol. The van der Waals surface area contributed by atoms with E-state index < -0.39 is 20.2 Å². The first-order chi connectivity index (χ1) is 12.0. The van der Waals surface area contributed by atoms with Gasteiger partial charge < -0.3 is 0 Å². The predicted molar refractivity (Wildman–Crippen MR) is 111 cm³/mol. The molecule has 0 aliphatic carbocycles. The van der Waals surface area contributed by atoms with Crippen molar-refractivity contribution in [2.45, 2.75) is 20.4 Å². The van der Waals surface area contributed by atoms with Gasteiger partial charge in [-0.2, -0.15) is 0 Å². The second kappa shape index (κ2) is 8.21. The predicted octanol–water partition coefficient (Wildman–Crippen LogP) is 2.88. The Hall–Kier alpha value is -1.56. The molecule has 0 saturated heterocycles. The van der Waals surface area contributed by atoms with Crippen molar-refractivity contribution in [1.29, 1.82) is 0 Å². The first kappa shape index (κ1) is 18.2. The van der Waals surface area contributed by atoms with Gasteiger partial charge in [0.15, 0.2) is 0 Å². The molecule has 0 aliphatic rings. The summed E-state index contributed by atoms with van der Waals surface area (Å²) in [5.41, 5.74) is 4.13. The van der Waals surface area contributed by atoms with Crippen molar-refractivity contribution in [2.75, 3.05) is 14.1 Å². The second-order valence-electron chi connectivity index (χ2n) is 6.87. The van der Waals surface area contributed by atoms with E-state index >= 15 is 0 Å². The third-order valence-electron chi connectivity index (χ3n) is 4.30. The number of nitrogens with zero attached hydrogens (tertiary/aromatic N) is 1. The van der Waals surface area contributed by atoms with E-state index in [4.69, 9.17) is 0 Å². The van der Waals surface area contributed by atoms with Crippen LogP contribution in [0.2, 0.25) is 0 Å². The van der Waals surface area contributed by atoms with Crippen LogP contribution in [0.3, 0.4) is 0 Å². The molecule has 0 radical (unpaired) electrons. The molecule has 0 heterocycles. The van der Waals surface area contributed by atoms with Crippen LogP contribution in [0.5, 0.6) is 0 Å². The Morgan fingerprint density at radius 2 is 1.16 bits per heavy atom. The zero-order valence-corrected chi connectivity index (χ0v) is 18.1. The Morgan fingerprint density at radius 3 is 1.64 bits per heavy atom. The minimum absolute atomic E-state index is 0.995. The van der Waals surface area contributed by atoms with Crippen molar-refractivity contribution < 1.29 is 0 Å². The minimum atomic E-state index is -2.03. The van der Waals surface area contributed by atoms with Crippen LogP contribution in [0, 0.1) is 13.8 Å². The molecule has 0 saturated carbocycles. The molecule has 0 N–H and O–H groups in total. The van der Waals surface area contributed by atoms with Crippen LogP contribution in [0.15, 0.2) is 72.8 Å². The average Bonchev–Trinajstić information content (AvgIpc) is 2.59. The topological polar surface area (TPSA) is 3.24 Å². The summed E-state index contributed by atoms with van der Waals surface area (Å²) in [4.78, 5) is 2.27. The van der Waals surface area contributed by atoms with Gasteiger partial charge >= 0.3 is 160 Å². The first-order valence-electron chi connectivity index (χ1n) is 8.71. The van der Waals surface area contributed by atoms with Crippen LogP contribution >= 0.6 is 0 Å². The number of hydrogen-bond acceptors (Lipinski definition) is 1. The fourth-order valence-electron chi connectivity index (χ4n) is 3.02. The van der Waals surface area contributed by atoms with E-state index in [1.165, 1.54) is 23.7 Å². The number of rotatable bonds is 5. The number of benzene rings is 3. The zero-order chi connectivity index (χ0) is 17.8. The molecule has 2 heteroatoms. The molecule has 3 aromatic rings. The Kier molecular flexibility index (Phi) is 5.99. The second-order valence-corrected chi connectivity index (χ2v) is 13.1. The van der Waals surface area contributed by atoms with Crippen LogP contribution in [-0.2, 0) is 6.54 Å². The van der Waals surface area contributed by atoms with Gasteiger partial charge in [0.05, 0.1) is 0 Å². The van der Waals surface area contributed by atoms with Crippen molar-refractivity contribution >= 4 is 30.7 Å². The van der Waals surface area contributed by atoms with E-state index in [0.29, 0.717) is 0 Å². The van der Waals surface area contributed by atoms with Crippen LogP contribution in [0.1, 0.15) is 16.7 Å². The van der Waals surface area contributed by atoms with Gasteiger partial charge in [0.2, 0.25) is 0 Å². The summed E-state index contributed by atoms with van der Waals surface area (Å²) < 4.78 is 4.64. The molecule has 0 amide bonds. The van der Waals surface area contributed by atoms with E-state index in [1.807, 2.05) is 0 Å². The SMILES string of the molecule is Cc1cc[c]([Sb]([c]2ccc(C)cc2)[c]2ccccc2CN(C)C)cc1. The molecule has 0 unspecified atom stereocenters. The summed E-state index contributed by atoms with van der Waals surface area (Å²) in [7, 11) is 4.30. The number of aryl methyl sites for hydroxylation is 2. The van der Waals surface area contributed by atoms with Gasteiger partial charge in [-0.1, -0.05) is 0 Å². The van der Waals surface area contributed by atoms with Crippen molar-refractivity contribution in [3.05, 3.63) is 89.5 Å². The molecule has 3 rings (SSSR count). The van der Waals surface area contributed by atoms with Crippen LogP contribution in [0.4, 0.5) is 0 Å². The zero-order valence-electron chi connectivity index (χ0n) is 15.5. The van der Waals surface area contributed by atoms with Gasteiger partial charge in [0, 0.05) is 0 Å². The molecule has 0 aliphatic heterocycles. The molecular weight excluding hydrogens is 412 g/mol. The molecular formula is C23H26NSb. The summed E-state index contributed by atoms with van der Waals surface area (Å²) in [5.74, 6) is 0. The van der Waals surface area contributed by atoms with Crippen molar-refractivity contribution in [3.8, 4) is 0 Å². The molecule has 3 aromatic carbocycles. The Balaban J connectivity index is 2.14. The Bertz CT molecular complexity index is 774. The van der Waals surface area contributed by atoms with Gasteiger partial charge in [-0.05, 0) is 0 Å². The van der Waals surface area contributed by atoms with Gasteiger partial charge in [-0.3, -0.25) is 0 Å². The summed E-state index contributed by atoms with van der Waals surface area (Å²) in [6, 6.07) is 27.5. The third kappa shape index (κ3) is 4.54. The molecule has 0 aromatic heterocycles. The Labute approximate surface area is 159 Å². The summed E-state index contributed by atoms with van der Waals surface area (Å²) >= 11 is -2.03. The standard InChI is InChI=1S/C9H12N.2C7H7.Sb/c1-10(2)8-9-6-4-3-5-7-9;2*1-7-5-3-2-4-6-7;/h3-6H,8H2,1-2H3;2*3-6H,1H3;. The molecule has 1 nitrogen and oxygen atoms in total. The van der Waals surface area contributed by atoms with Gasteiger partial charge in [0.25, 0.3) is 0 Å². The maximum absolute atomic E-state index is 2.36. The van der Waals surface area contributed by atoms with E-state index in [2.05, 4.69) is 106 Å². The monoisotopic (exact) mass is 437 g/mol. The van der Waals surface area contributed by atoms with E-state index in [-0.39, 0.29) is 0 Å². The van der Waals surface area contributed by atoms with Crippen molar-refractivity contribution in [2.24, 2.45) is 0 Å². The normalized spacial score (nSPS) is 11.3. The van der Waals surface area contributed by atoms with Gasteiger partial charge in [-0.25, -0.2) is 0 Å². The summed E-state index contributed by atoms with van der Waals surface area (Å²) in [5, 5.41) is 0. The van der Waals surface area contributed by atoms with Crippen molar-refractivity contribution in [1.82, 2.24) is 4.90 Å². The van der Waals surface area contributed by atoms with E-state index in [0.717, 1.165) is 6.54 Å². The van der Waals surface area contributed by atoms with E-state index in [1.54, 1.807) is 3.51 Å². The maximum atomic E-state index is 2.36. The Morgan fingerprint density at radius 1 is 0.680 bits per heavy atom. The third-order valence-corrected chi connectivity index (χ3v) is 11.6.